The molecule has 116 valence electrons. The fraction of sp³-hybridized carbons (Fsp3) is 0.429. The Labute approximate surface area is 128 Å². The smallest absolute Gasteiger partial charge is 0.252 e. The molecule has 1 fully saturated rings. The average Bonchev–Trinajstić information content (AvgIpc) is 2.83. The molecule has 2 aromatic heterocycles. The van der Waals surface area contributed by atoms with Crippen LogP contribution in [0.3, 0.4) is 0 Å². The lowest BCUT2D eigenvalue weighted by Gasteiger charge is -2.28. The minimum atomic E-state index is -0.474. The number of anilines is 1. The lowest BCUT2D eigenvalue weighted by atomic mass is 10.2. The van der Waals surface area contributed by atoms with Gasteiger partial charge in [-0.25, -0.2) is 14.6 Å². The highest BCUT2D eigenvalue weighted by Crippen LogP contribution is 2.19. The van der Waals surface area contributed by atoms with Crippen LogP contribution in [-0.4, -0.2) is 51.8 Å². The third kappa shape index (κ3) is 2.52. The van der Waals surface area contributed by atoms with Crippen molar-refractivity contribution in [1.29, 1.82) is 0 Å². The van der Waals surface area contributed by atoms with E-state index >= 15 is 0 Å². The number of hydrogen-bond donors (Lipinski definition) is 2. The van der Waals surface area contributed by atoms with Crippen LogP contribution in [0.5, 0.6) is 0 Å². The quantitative estimate of drug-likeness (QED) is 0.813. The van der Waals surface area contributed by atoms with Crippen molar-refractivity contribution in [2.45, 2.75) is 13.8 Å². The summed E-state index contributed by atoms with van der Waals surface area (Å²) >= 11 is 0. The maximum absolute atomic E-state index is 11.5. The normalized spacial score (nSPS) is 15.1. The van der Waals surface area contributed by atoms with Gasteiger partial charge in [-0.2, -0.15) is 5.10 Å². The Hall–Kier alpha value is -2.48. The summed E-state index contributed by atoms with van der Waals surface area (Å²) in [5, 5.41) is 7.69. The van der Waals surface area contributed by atoms with Gasteiger partial charge in [-0.1, -0.05) is 0 Å². The van der Waals surface area contributed by atoms with Crippen molar-refractivity contribution in [2.75, 3.05) is 31.1 Å². The summed E-state index contributed by atoms with van der Waals surface area (Å²) < 4.78 is 1.64. The topological polar surface area (TPSA) is 102 Å². The van der Waals surface area contributed by atoms with E-state index in [1.54, 1.807) is 11.6 Å². The zero-order chi connectivity index (χ0) is 15.7. The SMILES string of the molecule is Cc1nn(-c2cc(N3CCNCC3)ncn2)c(C)c1C(N)=O. The summed E-state index contributed by atoms with van der Waals surface area (Å²) in [4.78, 5) is 22.3. The van der Waals surface area contributed by atoms with E-state index in [1.165, 1.54) is 6.33 Å². The Kier molecular flexibility index (Phi) is 3.76. The van der Waals surface area contributed by atoms with E-state index in [9.17, 15) is 4.79 Å². The van der Waals surface area contributed by atoms with E-state index < -0.39 is 5.91 Å². The van der Waals surface area contributed by atoms with Gasteiger partial charge in [0.1, 0.15) is 12.1 Å². The van der Waals surface area contributed by atoms with Crippen molar-refractivity contribution in [3.05, 3.63) is 29.3 Å². The second-order valence-electron chi connectivity index (χ2n) is 5.29. The number of nitrogens with two attached hydrogens (primary N) is 1. The van der Waals surface area contributed by atoms with Crippen LogP contribution >= 0.6 is 0 Å². The third-order valence-electron chi connectivity index (χ3n) is 3.83. The highest BCUT2D eigenvalue weighted by Gasteiger charge is 2.19. The van der Waals surface area contributed by atoms with Gasteiger partial charge in [0.25, 0.3) is 5.91 Å². The number of aromatic nitrogens is 4. The minimum Gasteiger partial charge on any atom is -0.365 e. The zero-order valence-corrected chi connectivity index (χ0v) is 12.7. The van der Waals surface area contributed by atoms with E-state index in [1.807, 2.05) is 13.0 Å². The predicted octanol–water partition coefficient (Wildman–Crippen LogP) is -0.212. The summed E-state index contributed by atoms with van der Waals surface area (Å²) in [5.74, 6) is 1.02. The van der Waals surface area contributed by atoms with Crippen LogP contribution in [0.25, 0.3) is 5.82 Å². The summed E-state index contributed by atoms with van der Waals surface area (Å²) in [6, 6.07) is 1.88. The van der Waals surface area contributed by atoms with E-state index in [-0.39, 0.29) is 0 Å². The molecule has 0 atom stereocenters. The molecule has 0 saturated carbocycles. The van der Waals surface area contributed by atoms with Gasteiger partial charge in [0, 0.05) is 32.2 Å². The van der Waals surface area contributed by atoms with Crippen molar-refractivity contribution in [3.8, 4) is 5.82 Å². The van der Waals surface area contributed by atoms with Crippen molar-refractivity contribution in [2.24, 2.45) is 5.73 Å². The van der Waals surface area contributed by atoms with Crippen molar-refractivity contribution < 1.29 is 4.79 Å². The molecule has 0 spiro atoms. The summed E-state index contributed by atoms with van der Waals surface area (Å²) in [5.41, 5.74) is 7.15. The lowest BCUT2D eigenvalue weighted by molar-refractivity contribution is 0.0999. The van der Waals surface area contributed by atoms with Crippen LogP contribution in [0.15, 0.2) is 12.4 Å². The molecule has 8 heteroatoms. The van der Waals surface area contributed by atoms with Crippen LogP contribution in [0, 0.1) is 13.8 Å². The molecular formula is C14H19N7O. The molecule has 0 bridgehead atoms. The Morgan fingerprint density at radius 3 is 2.55 bits per heavy atom. The standard InChI is InChI=1S/C14H19N7O/c1-9-13(14(15)22)10(2)21(19-9)12-7-11(17-8-18-12)20-5-3-16-4-6-20/h7-8,16H,3-6H2,1-2H3,(H2,15,22). The van der Waals surface area contributed by atoms with Crippen molar-refractivity contribution >= 4 is 11.7 Å². The van der Waals surface area contributed by atoms with Crippen LogP contribution in [0.1, 0.15) is 21.7 Å². The molecule has 1 aliphatic heterocycles. The van der Waals surface area contributed by atoms with Gasteiger partial charge >= 0.3 is 0 Å². The lowest BCUT2D eigenvalue weighted by Crippen LogP contribution is -2.43. The van der Waals surface area contributed by atoms with Crippen molar-refractivity contribution in [3.63, 3.8) is 0 Å². The Morgan fingerprint density at radius 2 is 1.91 bits per heavy atom. The minimum absolute atomic E-state index is 0.447. The Morgan fingerprint density at radius 1 is 1.23 bits per heavy atom. The Bertz CT molecular complexity index is 703. The number of rotatable bonds is 3. The van der Waals surface area contributed by atoms with Gasteiger partial charge in [0.2, 0.25) is 0 Å². The Balaban J connectivity index is 1.99. The van der Waals surface area contributed by atoms with Crippen LogP contribution < -0.4 is 16.0 Å². The monoisotopic (exact) mass is 301 g/mol. The number of hydrogen-bond acceptors (Lipinski definition) is 6. The molecule has 0 aliphatic carbocycles. The number of primary amides is 1. The second-order valence-corrected chi connectivity index (χ2v) is 5.29. The summed E-state index contributed by atoms with van der Waals surface area (Å²) in [6.45, 7) is 7.25. The number of carbonyl (C=O) groups is 1. The first-order valence-electron chi connectivity index (χ1n) is 7.22. The molecule has 22 heavy (non-hydrogen) atoms. The average molecular weight is 301 g/mol. The maximum Gasteiger partial charge on any atom is 0.252 e. The molecule has 3 N–H and O–H groups in total. The van der Waals surface area contributed by atoms with Gasteiger partial charge in [0.15, 0.2) is 5.82 Å². The van der Waals surface area contributed by atoms with E-state index in [4.69, 9.17) is 5.73 Å². The van der Waals surface area contributed by atoms with Crippen LogP contribution in [-0.2, 0) is 0 Å². The first-order valence-corrected chi connectivity index (χ1v) is 7.22. The first kappa shape index (κ1) is 14.5. The molecule has 3 heterocycles. The van der Waals surface area contributed by atoms with E-state index in [0.29, 0.717) is 22.8 Å². The predicted molar refractivity (Wildman–Crippen MR) is 82.2 cm³/mol. The molecule has 1 amide bonds. The van der Waals surface area contributed by atoms with Gasteiger partial charge in [-0.3, -0.25) is 4.79 Å². The van der Waals surface area contributed by atoms with E-state index in [0.717, 1.165) is 32.0 Å². The number of nitrogens with zero attached hydrogens (tertiary/aromatic N) is 5. The highest BCUT2D eigenvalue weighted by molar-refractivity contribution is 5.95. The van der Waals surface area contributed by atoms with Gasteiger partial charge < -0.3 is 16.0 Å². The molecule has 2 aromatic rings. The first-order chi connectivity index (χ1) is 10.6. The molecule has 0 radical (unpaired) electrons. The van der Waals surface area contributed by atoms with E-state index in [2.05, 4.69) is 25.3 Å². The number of aryl methyl sites for hydroxylation is 1. The fourth-order valence-corrected chi connectivity index (χ4v) is 2.74. The summed E-state index contributed by atoms with van der Waals surface area (Å²) in [7, 11) is 0. The van der Waals surface area contributed by atoms with Gasteiger partial charge in [-0.15, -0.1) is 0 Å². The molecule has 1 aliphatic rings. The fourth-order valence-electron chi connectivity index (χ4n) is 2.74. The number of nitrogens with one attached hydrogen (secondary N) is 1. The number of amides is 1. The number of carbonyl (C=O) groups excluding carboxylic acids is 1. The number of piperazine rings is 1. The highest BCUT2D eigenvalue weighted by atomic mass is 16.1. The zero-order valence-electron chi connectivity index (χ0n) is 12.7. The maximum atomic E-state index is 11.5. The van der Waals surface area contributed by atoms with Gasteiger partial charge in [-0.05, 0) is 13.8 Å². The van der Waals surface area contributed by atoms with Gasteiger partial charge in [0.05, 0.1) is 17.0 Å². The van der Waals surface area contributed by atoms with Crippen molar-refractivity contribution in [1.82, 2.24) is 25.1 Å². The third-order valence-corrected chi connectivity index (χ3v) is 3.83. The summed E-state index contributed by atoms with van der Waals surface area (Å²) in [6.07, 6.45) is 1.52. The molecule has 3 rings (SSSR count). The molecule has 0 aromatic carbocycles. The van der Waals surface area contributed by atoms with Crippen LogP contribution in [0.2, 0.25) is 0 Å². The molecule has 8 nitrogen and oxygen atoms in total. The van der Waals surface area contributed by atoms with Crippen LogP contribution in [0.4, 0.5) is 5.82 Å². The molecular weight excluding hydrogens is 282 g/mol. The molecule has 1 saturated heterocycles. The second kappa shape index (κ2) is 5.72. The largest absolute Gasteiger partial charge is 0.365 e. The molecule has 0 unspecified atom stereocenters.